The molecule has 2 rings (SSSR count). The fourth-order valence-electron chi connectivity index (χ4n) is 1.66. The minimum atomic E-state index is -4.27. The van der Waals surface area contributed by atoms with E-state index in [1.807, 2.05) is 0 Å². The fraction of sp³-hybridized carbons (Fsp3) is 0.400. The Kier molecular flexibility index (Phi) is 2.23. The van der Waals surface area contributed by atoms with Crippen molar-refractivity contribution in [1.82, 2.24) is 0 Å². The molecule has 4 heteroatoms. The topological polar surface area (TPSA) is 9.23 Å². The lowest BCUT2D eigenvalue weighted by atomic mass is 9.97. The molecule has 1 aliphatic heterocycles. The molecule has 0 aliphatic carbocycles. The van der Waals surface area contributed by atoms with Crippen LogP contribution in [0.1, 0.15) is 16.7 Å². The van der Waals surface area contributed by atoms with Crippen LogP contribution in [0.3, 0.4) is 0 Å². The number of hydrogen-bond donors (Lipinski definition) is 0. The molecule has 0 unspecified atom stereocenters. The van der Waals surface area contributed by atoms with Gasteiger partial charge in [0.05, 0.1) is 18.8 Å². The normalized spacial score (nSPS) is 16.5. The summed E-state index contributed by atoms with van der Waals surface area (Å²) in [5.41, 5.74) is 0.493. The third kappa shape index (κ3) is 1.62. The Morgan fingerprint density at radius 2 is 2.00 bits per heavy atom. The SMILES string of the molecule is FC(F)(F)c1cccc2c1COCC2. The molecule has 1 aromatic carbocycles. The summed E-state index contributed by atoms with van der Waals surface area (Å²) >= 11 is 0. The highest BCUT2D eigenvalue weighted by Crippen LogP contribution is 2.34. The van der Waals surface area contributed by atoms with Crippen LogP contribution in [-0.4, -0.2) is 6.61 Å². The molecular formula is C10H9F3O. The van der Waals surface area contributed by atoms with Crippen molar-refractivity contribution in [1.29, 1.82) is 0 Å². The molecule has 0 spiro atoms. The van der Waals surface area contributed by atoms with Gasteiger partial charge >= 0.3 is 6.18 Å². The first kappa shape index (κ1) is 9.52. The third-order valence-electron chi connectivity index (χ3n) is 2.34. The Balaban J connectivity index is 2.51. The van der Waals surface area contributed by atoms with Crippen molar-refractivity contribution in [2.75, 3.05) is 6.61 Å². The number of alkyl halides is 3. The van der Waals surface area contributed by atoms with Gasteiger partial charge in [0.1, 0.15) is 0 Å². The molecule has 14 heavy (non-hydrogen) atoms. The van der Waals surface area contributed by atoms with Crippen LogP contribution in [0.5, 0.6) is 0 Å². The van der Waals surface area contributed by atoms with Gasteiger partial charge in [0.15, 0.2) is 0 Å². The fourth-order valence-corrected chi connectivity index (χ4v) is 1.66. The maximum Gasteiger partial charge on any atom is 0.416 e. The van der Waals surface area contributed by atoms with E-state index in [4.69, 9.17) is 4.74 Å². The zero-order valence-electron chi connectivity index (χ0n) is 7.40. The van der Waals surface area contributed by atoms with Gasteiger partial charge in [-0.2, -0.15) is 13.2 Å². The maximum atomic E-state index is 12.5. The zero-order chi connectivity index (χ0) is 10.2. The van der Waals surface area contributed by atoms with Crippen molar-refractivity contribution >= 4 is 0 Å². The summed E-state index contributed by atoms with van der Waals surface area (Å²) in [6.45, 7) is 0.583. The molecule has 0 radical (unpaired) electrons. The van der Waals surface area contributed by atoms with Crippen LogP contribution in [0.25, 0.3) is 0 Å². The molecule has 76 valence electrons. The van der Waals surface area contributed by atoms with Crippen LogP contribution in [0, 0.1) is 0 Å². The summed E-state index contributed by atoms with van der Waals surface area (Å²) in [6.07, 6.45) is -3.70. The molecule has 0 fully saturated rings. The predicted octanol–water partition coefficient (Wildman–Crippen LogP) is 2.78. The lowest BCUT2D eigenvalue weighted by Crippen LogP contribution is -2.17. The first-order valence-corrected chi connectivity index (χ1v) is 4.35. The number of ether oxygens (including phenoxy) is 1. The maximum absolute atomic E-state index is 12.5. The van der Waals surface area contributed by atoms with E-state index in [1.54, 1.807) is 6.07 Å². The van der Waals surface area contributed by atoms with Gasteiger partial charge in [0.2, 0.25) is 0 Å². The van der Waals surface area contributed by atoms with Gasteiger partial charge in [-0.3, -0.25) is 0 Å². The largest absolute Gasteiger partial charge is 0.416 e. The minimum Gasteiger partial charge on any atom is -0.376 e. The molecule has 0 saturated carbocycles. The average molecular weight is 202 g/mol. The molecule has 0 amide bonds. The molecule has 1 nitrogen and oxygen atoms in total. The second kappa shape index (κ2) is 3.28. The van der Waals surface area contributed by atoms with Crippen LogP contribution < -0.4 is 0 Å². The van der Waals surface area contributed by atoms with Crippen LogP contribution in [0.15, 0.2) is 18.2 Å². The van der Waals surface area contributed by atoms with Crippen LogP contribution in [0.4, 0.5) is 13.2 Å². The van der Waals surface area contributed by atoms with E-state index in [0.29, 0.717) is 18.6 Å². The summed E-state index contributed by atoms with van der Waals surface area (Å²) in [7, 11) is 0. The van der Waals surface area contributed by atoms with Gasteiger partial charge in [-0.1, -0.05) is 12.1 Å². The predicted molar refractivity (Wildman–Crippen MR) is 44.8 cm³/mol. The molecule has 0 atom stereocenters. The first-order valence-electron chi connectivity index (χ1n) is 4.35. The van der Waals surface area contributed by atoms with Gasteiger partial charge in [0, 0.05) is 0 Å². The van der Waals surface area contributed by atoms with Crippen molar-refractivity contribution in [2.24, 2.45) is 0 Å². The van der Waals surface area contributed by atoms with E-state index in [0.717, 1.165) is 11.6 Å². The molecule has 0 aromatic heterocycles. The van der Waals surface area contributed by atoms with Crippen molar-refractivity contribution in [3.63, 3.8) is 0 Å². The highest BCUT2D eigenvalue weighted by molar-refractivity contribution is 5.37. The van der Waals surface area contributed by atoms with Crippen molar-refractivity contribution in [2.45, 2.75) is 19.2 Å². The average Bonchev–Trinajstić information content (AvgIpc) is 2.15. The lowest BCUT2D eigenvalue weighted by molar-refractivity contribution is -0.139. The van der Waals surface area contributed by atoms with E-state index in [9.17, 15) is 13.2 Å². The Morgan fingerprint density at radius 3 is 2.71 bits per heavy atom. The summed E-state index contributed by atoms with van der Waals surface area (Å²) in [6, 6.07) is 4.29. The van der Waals surface area contributed by atoms with Gasteiger partial charge in [-0.15, -0.1) is 0 Å². The van der Waals surface area contributed by atoms with E-state index in [1.165, 1.54) is 6.07 Å². The van der Waals surface area contributed by atoms with Crippen molar-refractivity contribution < 1.29 is 17.9 Å². The quantitative estimate of drug-likeness (QED) is 0.628. The van der Waals surface area contributed by atoms with E-state index >= 15 is 0 Å². The minimum absolute atomic E-state index is 0.0744. The van der Waals surface area contributed by atoms with Gasteiger partial charge < -0.3 is 4.74 Å². The third-order valence-corrected chi connectivity index (χ3v) is 2.34. The van der Waals surface area contributed by atoms with E-state index < -0.39 is 11.7 Å². The molecule has 1 heterocycles. The Morgan fingerprint density at radius 1 is 1.21 bits per heavy atom. The van der Waals surface area contributed by atoms with Gasteiger partial charge in [-0.05, 0) is 23.6 Å². The van der Waals surface area contributed by atoms with Crippen LogP contribution in [-0.2, 0) is 23.9 Å². The molecule has 1 aromatic rings. The summed E-state index contributed by atoms with van der Waals surface area (Å²) in [5, 5.41) is 0. The van der Waals surface area contributed by atoms with Crippen LogP contribution >= 0.6 is 0 Å². The van der Waals surface area contributed by atoms with Gasteiger partial charge in [-0.25, -0.2) is 0 Å². The highest BCUT2D eigenvalue weighted by atomic mass is 19.4. The molecular weight excluding hydrogens is 193 g/mol. The Bertz CT molecular complexity index is 344. The first-order chi connectivity index (χ1) is 6.59. The molecule has 1 aliphatic rings. The number of hydrogen-bond acceptors (Lipinski definition) is 1. The van der Waals surface area contributed by atoms with Crippen molar-refractivity contribution in [3.05, 3.63) is 34.9 Å². The van der Waals surface area contributed by atoms with Crippen LogP contribution in [0.2, 0.25) is 0 Å². The number of rotatable bonds is 0. The summed E-state index contributed by atoms with van der Waals surface area (Å²) in [4.78, 5) is 0. The molecule has 0 saturated heterocycles. The number of fused-ring (bicyclic) bond motifs is 1. The van der Waals surface area contributed by atoms with E-state index in [-0.39, 0.29) is 6.61 Å². The van der Waals surface area contributed by atoms with Gasteiger partial charge in [0.25, 0.3) is 0 Å². The number of benzene rings is 1. The zero-order valence-corrected chi connectivity index (χ0v) is 7.40. The lowest BCUT2D eigenvalue weighted by Gasteiger charge is -2.20. The van der Waals surface area contributed by atoms with E-state index in [2.05, 4.69) is 0 Å². The molecule has 0 bridgehead atoms. The number of halogens is 3. The molecule has 0 N–H and O–H groups in total. The highest BCUT2D eigenvalue weighted by Gasteiger charge is 2.34. The Hall–Kier alpha value is -1.03. The smallest absolute Gasteiger partial charge is 0.376 e. The second-order valence-electron chi connectivity index (χ2n) is 3.24. The van der Waals surface area contributed by atoms with Crippen molar-refractivity contribution in [3.8, 4) is 0 Å². The standard InChI is InChI=1S/C10H9F3O/c11-10(12,13)9-3-1-2-7-4-5-14-6-8(7)9/h1-3H,4-6H2. The second-order valence-corrected chi connectivity index (χ2v) is 3.24. The Labute approximate surface area is 79.5 Å². The monoisotopic (exact) mass is 202 g/mol. The summed E-state index contributed by atoms with van der Waals surface area (Å²) < 4.78 is 42.6. The summed E-state index contributed by atoms with van der Waals surface area (Å²) in [5.74, 6) is 0.